The first-order valence-corrected chi connectivity index (χ1v) is 6.21. The van der Waals surface area contributed by atoms with Crippen molar-refractivity contribution < 1.29 is 4.79 Å². The Morgan fingerprint density at radius 1 is 1.35 bits per heavy atom. The van der Waals surface area contributed by atoms with Crippen molar-refractivity contribution in [2.24, 2.45) is 5.84 Å². The minimum Gasteiger partial charge on any atom is -0.336 e. The molecule has 2 rings (SSSR count). The quantitative estimate of drug-likeness (QED) is 0.647. The van der Waals surface area contributed by atoms with E-state index in [0.717, 1.165) is 11.4 Å². The van der Waals surface area contributed by atoms with E-state index in [4.69, 9.17) is 5.84 Å². The lowest BCUT2D eigenvalue weighted by atomic mass is 10.2. The SMILES string of the molecule is Cc1cccc(CN(C)C(=O)c2cccnc2NN)n1. The van der Waals surface area contributed by atoms with Gasteiger partial charge in [0.25, 0.3) is 5.91 Å². The van der Waals surface area contributed by atoms with Crippen molar-refractivity contribution in [1.29, 1.82) is 0 Å². The first-order chi connectivity index (χ1) is 9.61. The number of rotatable bonds is 4. The molecule has 6 nitrogen and oxygen atoms in total. The molecule has 1 amide bonds. The summed E-state index contributed by atoms with van der Waals surface area (Å²) in [5.41, 5.74) is 4.63. The van der Waals surface area contributed by atoms with Crippen LogP contribution in [0.3, 0.4) is 0 Å². The molecule has 2 aromatic rings. The summed E-state index contributed by atoms with van der Waals surface area (Å²) in [6.45, 7) is 2.35. The van der Waals surface area contributed by atoms with Crippen molar-refractivity contribution in [3.8, 4) is 0 Å². The smallest absolute Gasteiger partial charge is 0.257 e. The number of aromatic nitrogens is 2. The Bertz CT molecular complexity index is 614. The van der Waals surface area contributed by atoms with E-state index < -0.39 is 0 Å². The highest BCUT2D eigenvalue weighted by molar-refractivity contribution is 5.98. The molecule has 0 unspecified atom stereocenters. The van der Waals surface area contributed by atoms with E-state index in [1.807, 2.05) is 25.1 Å². The van der Waals surface area contributed by atoms with Gasteiger partial charge in [0.05, 0.1) is 17.8 Å². The molecular weight excluding hydrogens is 254 g/mol. The summed E-state index contributed by atoms with van der Waals surface area (Å²) >= 11 is 0. The number of aryl methyl sites for hydroxylation is 1. The number of anilines is 1. The molecule has 20 heavy (non-hydrogen) atoms. The van der Waals surface area contributed by atoms with Gasteiger partial charge in [0.2, 0.25) is 0 Å². The monoisotopic (exact) mass is 271 g/mol. The summed E-state index contributed by atoms with van der Waals surface area (Å²) < 4.78 is 0. The standard InChI is InChI=1S/C14H17N5O/c1-10-5-3-6-11(17-10)9-19(2)14(20)12-7-4-8-16-13(12)18-15/h3-8H,9,15H2,1-2H3,(H,16,18). The zero-order chi connectivity index (χ0) is 14.5. The van der Waals surface area contributed by atoms with Crippen molar-refractivity contribution >= 4 is 11.7 Å². The van der Waals surface area contributed by atoms with Gasteiger partial charge in [-0.3, -0.25) is 9.78 Å². The number of hydrazine groups is 1. The van der Waals surface area contributed by atoms with Crippen molar-refractivity contribution in [3.63, 3.8) is 0 Å². The minimum absolute atomic E-state index is 0.158. The molecule has 0 bridgehead atoms. The highest BCUT2D eigenvalue weighted by Crippen LogP contribution is 2.13. The van der Waals surface area contributed by atoms with Crippen LogP contribution in [-0.4, -0.2) is 27.8 Å². The van der Waals surface area contributed by atoms with Gasteiger partial charge < -0.3 is 10.3 Å². The lowest BCUT2D eigenvalue weighted by Crippen LogP contribution is -2.28. The number of hydrogen-bond acceptors (Lipinski definition) is 5. The van der Waals surface area contributed by atoms with Crippen molar-refractivity contribution in [2.45, 2.75) is 13.5 Å². The molecule has 2 aromatic heterocycles. The van der Waals surface area contributed by atoms with Crippen LogP contribution < -0.4 is 11.3 Å². The zero-order valence-corrected chi connectivity index (χ0v) is 11.5. The molecule has 2 heterocycles. The normalized spacial score (nSPS) is 10.2. The molecule has 0 spiro atoms. The third-order valence-corrected chi connectivity index (χ3v) is 2.87. The number of hydrogen-bond donors (Lipinski definition) is 2. The molecule has 0 aliphatic rings. The second-order valence-electron chi connectivity index (χ2n) is 4.48. The molecule has 0 radical (unpaired) electrons. The van der Waals surface area contributed by atoms with Crippen LogP contribution in [0.4, 0.5) is 5.82 Å². The number of nitrogens with zero attached hydrogens (tertiary/aromatic N) is 3. The van der Waals surface area contributed by atoms with Crippen LogP contribution in [0.1, 0.15) is 21.7 Å². The Kier molecular flexibility index (Phi) is 4.27. The van der Waals surface area contributed by atoms with Gasteiger partial charge >= 0.3 is 0 Å². The second-order valence-corrected chi connectivity index (χ2v) is 4.48. The average Bonchev–Trinajstić information content (AvgIpc) is 2.46. The number of amides is 1. The van der Waals surface area contributed by atoms with Gasteiger partial charge in [-0.05, 0) is 31.2 Å². The molecule has 0 aromatic carbocycles. The highest BCUT2D eigenvalue weighted by atomic mass is 16.2. The summed E-state index contributed by atoms with van der Waals surface area (Å²) in [4.78, 5) is 22.4. The first kappa shape index (κ1) is 14.0. The van der Waals surface area contributed by atoms with Crippen molar-refractivity contribution in [3.05, 3.63) is 53.5 Å². The molecule has 0 fully saturated rings. The Labute approximate surface area is 117 Å². The van der Waals surface area contributed by atoms with Gasteiger partial charge in [0, 0.05) is 18.9 Å². The Morgan fingerprint density at radius 3 is 2.85 bits per heavy atom. The Morgan fingerprint density at radius 2 is 2.15 bits per heavy atom. The number of nitrogens with two attached hydrogens (primary N) is 1. The fourth-order valence-corrected chi connectivity index (χ4v) is 1.90. The minimum atomic E-state index is -0.158. The maximum Gasteiger partial charge on any atom is 0.257 e. The van der Waals surface area contributed by atoms with Crippen LogP contribution >= 0.6 is 0 Å². The van der Waals surface area contributed by atoms with Crippen LogP contribution in [0, 0.1) is 6.92 Å². The third kappa shape index (κ3) is 3.10. The zero-order valence-electron chi connectivity index (χ0n) is 11.5. The molecule has 0 saturated carbocycles. The fraction of sp³-hybridized carbons (Fsp3) is 0.214. The van der Waals surface area contributed by atoms with Crippen LogP contribution in [0.5, 0.6) is 0 Å². The van der Waals surface area contributed by atoms with E-state index in [-0.39, 0.29) is 5.91 Å². The Hall–Kier alpha value is -2.47. The number of carbonyl (C=O) groups is 1. The number of nitrogen functional groups attached to an aromatic ring is 1. The maximum absolute atomic E-state index is 12.4. The fourth-order valence-electron chi connectivity index (χ4n) is 1.90. The molecular formula is C14H17N5O. The molecule has 0 atom stereocenters. The second kappa shape index (κ2) is 6.12. The number of pyridine rings is 2. The highest BCUT2D eigenvalue weighted by Gasteiger charge is 2.16. The van der Waals surface area contributed by atoms with E-state index >= 15 is 0 Å². The third-order valence-electron chi connectivity index (χ3n) is 2.87. The van der Waals surface area contributed by atoms with Gasteiger partial charge in [-0.25, -0.2) is 10.8 Å². The molecule has 3 N–H and O–H groups in total. The molecule has 6 heteroatoms. The van der Waals surface area contributed by atoms with Crippen molar-refractivity contribution in [1.82, 2.24) is 14.9 Å². The van der Waals surface area contributed by atoms with Gasteiger partial charge in [-0.15, -0.1) is 0 Å². The van der Waals surface area contributed by atoms with E-state index in [1.54, 1.807) is 30.3 Å². The van der Waals surface area contributed by atoms with Gasteiger partial charge in [-0.2, -0.15) is 0 Å². The first-order valence-electron chi connectivity index (χ1n) is 6.21. The van der Waals surface area contributed by atoms with Crippen LogP contribution in [0.2, 0.25) is 0 Å². The molecule has 0 aliphatic heterocycles. The van der Waals surface area contributed by atoms with E-state index in [0.29, 0.717) is 17.9 Å². The van der Waals surface area contributed by atoms with Crippen LogP contribution in [-0.2, 0) is 6.54 Å². The predicted molar refractivity (Wildman–Crippen MR) is 76.8 cm³/mol. The van der Waals surface area contributed by atoms with Gasteiger partial charge in [0.1, 0.15) is 0 Å². The van der Waals surface area contributed by atoms with E-state index in [2.05, 4.69) is 15.4 Å². The van der Waals surface area contributed by atoms with Crippen molar-refractivity contribution in [2.75, 3.05) is 12.5 Å². The van der Waals surface area contributed by atoms with Gasteiger partial charge in [-0.1, -0.05) is 6.07 Å². The lowest BCUT2D eigenvalue weighted by molar-refractivity contribution is 0.0784. The largest absolute Gasteiger partial charge is 0.336 e. The Balaban J connectivity index is 2.16. The molecule has 0 aliphatic carbocycles. The van der Waals surface area contributed by atoms with Crippen LogP contribution in [0.15, 0.2) is 36.5 Å². The summed E-state index contributed by atoms with van der Waals surface area (Å²) in [5, 5.41) is 0. The summed E-state index contributed by atoms with van der Waals surface area (Å²) in [5.74, 6) is 5.57. The predicted octanol–water partition coefficient (Wildman–Crippen LogP) is 1.34. The summed E-state index contributed by atoms with van der Waals surface area (Å²) in [6, 6.07) is 9.12. The summed E-state index contributed by atoms with van der Waals surface area (Å²) in [7, 11) is 1.72. The number of carbonyl (C=O) groups excluding carboxylic acids is 1. The number of nitrogens with one attached hydrogen (secondary N) is 1. The van der Waals surface area contributed by atoms with E-state index in [9.17, 15) is 4.79 Å². The molecule has 0 saturated heterocycles. The van der Waals surface area contributed by atoms with E-state index in [1.165, 1.54) is 0 Å². The topological polar surface area (TPSA) is 84.1 Å². The average molecular weight is 271 g/mol. The maximum atomic E-state index is 12.4. The summed E-state index contributed by atoms with van der Waals surface area (Å²) in [6.07, 6.45) is 1.58. The van der Waals surface area contributed by atoms with Crippen LogP contribution in [0.25, 0.3) is 0 Å². The lowest BCUT2D eigenvalue weighted by Gasteiger charge is -2.18. The van der Waals surface area contributed by atoms with Gasteiger partial charge in [0.15, 0.2) is 5.82 Å². The molecule has 104 valence electrons.